The Morgan fingerprint density at radius 1 is 1.32 bits per heavy atom. The van der Waals surface area contributed by atoms with Crippen molar-refractivity contribution in [1.82, 2.24) is 14.9 Å². The molecule has 0 bridgehead atoms. The lowest BCUT2D eigenvalue weighted by molar-refractivity contribution is 0.329. The molecule has 1 aliphatic rings. The zero-order valence-electron chi connectivity index (χ0n) is 12.4. The van der Waals surface area contributed by atoms with Crippen LogP contribution in [0.15, 0.2) is 29.3 Å². The Kier molecular flexibility index (Phi) is 7.13. The van der Waals surface area contributed by atoms with E-state index in [0.717, 1.165) is 38.2 Å². The molecular weight excluding hydrogens is 325 g/mol. The Bertz CT molecular complexity index is 669. The first-order valence-corrected chi connectivity index (χ1v) is 7.02. The van der Waals surface area contributed by atoms with Crippen LogP contribution in [-0.2, 0) is 6.54 Å². The molecule has 3 rings (SSSR count). The number of hydrogen-bond donors (Lipinski definition) is 1. The van der Waals surface area contributed by atoms with Gasteiger partial charge in [0, 0.05) is 12.6 Å². The van der Waals surface area contributed by atoms with E-state index in [1.54, 1.807) is 36.2 Å². The van der Waals surface area contributed by atoms with Gasteiger partial charge in [-0.25, -0.2) is 4.98 Å². The maximum absolute atomic E-state index is 12.5. The minimum absolute atomic E-state index is 0. The second-order valence-electron chi connectivity index (χ2n) is 5.28. The lowest BCUT2D eigenvalue weighted by atomic mass is 9.98. The third kappa shape index (κ3) is 3.91. The van der Waals surface area contributed by atoms with Crippen LogP contribution in [0.4, 0.5) is 0 Å². The van der Waals surface area contributed by atoms with Gasteiger partial charge in [-0.15, -0.1) is 24.8 Å². The largest absolute Gasteiger partial charge is 0.497 e. The first-order valence-electron chi connectivity index (χ1n) is 7.02. The quantitative estimate of drug-likeness (QED) is 0.926. The molecule has 1 N–H and O–H groups in total. The fourth-order valence-corrected chi connectivity index (χ4v) is 2.74. The third-order valence-corrected chi connectivity index (χ3v) is 3.95. The Morgan fingerprint density at radius 3 is 2.73 bits per heavy atom. The molecule has 0 amide bonds. The van der Waals surface area contributed by atoms with Crippen molar-refractivity contribution in [2.75, 3.05) is 20.2 Å². The van der Waals surface area contributed by atoms with E-state index in [0.29, 0.717) is 16.8 Å². The average molecular weight is 346 g/mol. The van der Waals surface area contributed by atoms with E-state index in [2.05, 4.69) is 10.3 Å². The van der Waals surface area contributed by atoms with E-state index >= 15 is 0 Å². The minimum atomic E-state index is 0. The Balaban J connectivity index is 0.00000121. The van der Waals surface area contributed by atoms with Gasteiger partial charge in [0.1, 0.15) is 5.75 Å². The standard InChI is InChI=1S/C15H19N3O2.2ClH/c1-20-12-2-3-13-14(8-12)17-10-18(15(13)19)9-11-4-6-16-7-5-11;;/h2-3,8,10-11,16H,4-7,9H2,1H3;2*1H. The molecule has 2 aromatic rings. The Hall–Kier alpha value is -1.30. The number of nitrogens with one attached hydrogen (secondary N) is 1. The number of piperidine rings is 1. The number of methoxy groups -OCH3 is 1. The number of fused-ring (bicyclic) bond motifs is 1. The summed E-state index contributed by atoms with van der Waals surface area (Å²) in [5.74, 6) is 1.28. The molecule has 2 heterocycles. The van der Waals surface area contributed by atoms with Crippen LogP contribution >= 0.6 is 24.8 Å². The highest BCUT2D eigenvalue weighted by Crippen LogP contribution is 2.17. The predicted octanol–water partition coefficient (Wildman–Crippen LogP) is 2.25. The van der Waals surface area contributed by atoms with Crippen molar-refractivity contribution in [3.05, 3.63) is 34.9 Å². The SMILES string of the molecule is COc1ccc2c(=O)n(CC3CCNCC3)cnc2c1.Cl.Cl. The topological polar surface area (TPSA) is 56.1 Å². The second kappa shape index (κ2) is 8.36. The molecule has 5 nitrogen and oxygen atoms in total. The molecule has 122 valence electrons. The summed E-state index contributed by atoms with van der Waals surface area (Å²) in [6.45, 7) is 2.84. The molecule has 0 spiro atoms. The fraction of sp³-hybridized carbons (Fsp3) is 0.467. The third-order valence-electron chi connectivity index (χ3n) is 3.95. The van der Waals surface area contributed by atoms with Crippen molar-refractivity contribution >= 4 is 35.7 Å². The number of rotatable bonds is 3. The predicted molar refractivity (Wildman–Crippen MR) is 92.6 cm³/mol. The van der Waals surface area contributed by atoms with Crippen molar-refractivity contribution < 1.29 is 4.74 Å². The molecule has 0 atom stereocenters. The van der Waals surface area contributed by atoms with Crippen LogP contribution in [0, 0.1) is 5.92 Å². The molecular formula is C15H21Cl2N3O2. The minimum Gasteiger partial charge on any atom is -0.497 e. The number of aromatic nitrogens is 2. The van der Waals surface area contributed by atoms with Gasteiger partial charge >= 0.3 is 0 Å². The lowest BCUT2D eigenvalue weighted by Crippen LogP contribution is -2.32. The zero-order valence-corrected chi connectivity index (χ0v) is 14.1. The summed E-state index contributed by atoms with van der Waals surface area (Å²) in [6.07, 6.45) is 3.90. The van der Waals surface area contributed by atoms with Crippen molar-refractivity contribution in [2.45, 2.75) is 19.4 Å². The summed E-state index contributed by atoms with van der Waals surface area (Å²) in [7, 11) is 1.61. The molecule has 1 fully saturated rings. The van der Waals surface area contributed by atoms with Gasteiger partial charge in [0.2, 0.25) is 0 Å². The van der Waals surface area contributed by atoms with Crippen molar-refractivity contribution in [2.24, 2.45) is 5.92 Å². The summed E-state index contributed by atoms with van der Waals surface area (Å²) < 4.78 is 6.90. The average Bonchev–Trinajstić information content (AvgIpc) is 2.51. The molecule has 1 aliphatic heterocycles. The van der Waals surface area contributed by atoms with Gasteiger partial charge in [0.15, 0.2) is 0 Å². The Labute approximate surface area is 141 Å². The van der Waals surface area contributed by atoms with E-state index in [1.807, 2.05) is 0 Å². The number of benzene rings is 1. The summed E-state index contributed by atoms with van der Waals surface area (Å²) >= 11 is 0. The molecule has 1 saturated heterocycles. The molecule has 0 saturated carbocycles. The van der Waals surface area contributed by atoms with Gasteiger partial charge in [0.25, 0.3) is 5.56 Å². The molecule has 22 heavy (non-hydrogen) atoms. The molecule has 1 aromatic heterocycles. The number of ether oxygens (including phenoxy) is 1. The number of hydrogen-bond acceptors (Lipinski definition) is 4. The van der Waals surface area contributed by atoms with Gasteiger partial charge in [0.05, 0.1) is 24.3 Å². The van der Waals surface area contributed by atoms with Gasteiger partial charge in [-0.3, -0.25) is 9.36 Å². The van der Waals surface area contributed by atoms with E-state index in [-0.39, 0.29) is 30.4 Å². The van der Waals surface area contributed by atoms with Crippen LogP contribution in [0.1, 0.15) is 12.8 Å². The zero-order chi connectivity index (χ0) is 13.9. The fourth-order valence-electron chi connectivity index (χ4n) is 2.74. The van der Waals surface area contributed by atoms with E-state index in [9.17, 15) is 4.79 Å². The summed E-state index contributed by atoms with van der Waals surface area (Å²) in [4.78, 5) is 16.9. The summed E-state index contributed by atoms with van der Waals surface area (Å²) in [5, 5.41) is 4.00. The van der Waals surface area contributed by atoms with Crippen molar-refractivity contribution in [3.63, 3.8) is 0 Å². The highest BCUT2D eigenvalue weighted by atomic mass is 35.5. The highest BCUT2D eigenvalue weighted by Gasteiger charge is 2.15. The van der Waals surface area contributed by atoms with Gasteiger partial charge in [-0.1, -0.05) is 0 Å². The van der Waals surface area contributed by atoms with Crippen LogP contribution < -0.4 is 15.6 Å². The monoisotopic (exact) mass is 345 g/mol. The number of nitrogens with zero attached hydrogens (tertiary/aromatic N) is 2. The normalized spacial score (nSPS) is 15.0. The molecule has 7 heteroatoms. The smallest absolute Gasteiger partial charge is 0.261 e. The molecule has 0 aliphatic carbocycles. The summed E-state index contributed by atoms with van der Waals surface area (Å²) in [5.41, 5.74) is 0.729. The van der Waals surface area contributed by atoms with E-state index < -0.39 is 0 Å². The first-order chi connectivity index (χ1) is 9.78. The van der Waals surface area contributed by atoms with Gasteiger partial charge in [-0.05, 0) is 44.0 Å². The second-order valence-corrected chi connectivity index (χ2v) is 5.28. The highest BCUT2D eigenvalue weighted by molar-refractivity contribution is 5.85. The number of halogens is 2. The van der Waals surface area contributed by atoms with Crippen LogP contribution in [-0.4, -0.2) is 29.8 Å². The van der Waals surface area contributed by atoms with E-state index in [4.69, 9.17) is 4.74 Å². The van der Waals surface area contributed by atoms with Crippen molar-refractivity contribution in [3.8, 4) is 5.75 Å². The molecule has 0 radical (unpaired) electrons. The van der Waals surface area contributed by atoms with Crippen LogP contribution in [0.3, 0.4) is 0 Å². The lowest BCUT2D eigenvalue weighted by Gasteiger charge is -2.23. The van der Waals surface area contributed by atoms with Crippen molar-refractivity contribution in [1.29, 1.82) is 0 Å². The first kappa shape index (κ1) is 18.7. The molecule has 1 aromatic carbocycles. The van der Waals surface area contributed by atoms with Crippen LogP contribution in [0.25, 0.3) is 10.9 Å². The Morgan fingerprint density at radius 2 is 2.05 bits per heavy atom. The van der Waals surface area contributed by atoms with Gasteiger partial charge in [-0.2, -0.15) is 0 Å². The van der Waals surface area contributed by atoms with E-state index in [1.165, 1.54) is 0 Å². The van der Waals surface area contributed by atoms with Gasteiger partial charge < -0.3 is 10.1 Å². The van der Waals surface area contributed by atoms with Crippen LogP contribution in [0.5, 0.6) is 5.75 Å². The maximum atomic E-state index is 12.5. The van der Waals surface area contributed by atoms with Crippen LogP contribution in [0.2, 0.25) is 0 Å². The maximum Gasteiger partial charge on any atom is 0.261 e. The summed E-state index contributed by atoms with van der Waals surface area (Å²) in [6, 6.07) is 5.40. The molecule has 0 unspecified atom stereocenters.